The molecule has 10 heterocycles. The number of likely N-dealkylation sites (N-methyl/N-ethyl adjacent to an activating group) is 1. The molecule has 4 aliphatic heterocycles. The number of ketones is 2. The molecule has 2 N–H and O–H groups in total. The van der Waals surface area contributed by atoms with Gasteiger partial charge in [-0.3, -0.25) is 39.2 Å². The van der Waals surface area contributed by atoms with Gasteiger partial charge in [-0.1, -0.05) is 46.6 Å². The van der Waals surface area contributed by atoms with Gasteiger partial charge >= 0.3 is 0 Å². The van der Waals surface area contributed by atoms with Gasteiger partial charge in [-0.15, -0.1) is 22.7 Å². The molecule has 0 spiro atoms. The molecule has 2 aromatic carbocycles. The minimum atomic E-state index is -0.144. The lowest BCUT2D eigenvalue weighted by Gasteiger charge is -2.34. The third-order valence-electron chi connectivity index (χ3n) is 16.6. The number of nitrogens with one attached hydrogen (secondary N) is 2. The summed E-state index contributed by atoms with van der Waals surface area (Å²) in [5.41, 5.74) is 22.2. The standard InChI is InChI=1S/C34H43N11O4S.C29H32N10O3S/c1-42(15-19-48-18-9-36-41-35)10-3-4-25(46)7-8-31(47)44-13-11-43(12-14-44)24-26-22-30-32(50-26)34(45-16-20-49-21-17-45)39-33(38-30)27-5-2-6-29-28(27)23-37-40-29;30-36-31-8-2-3-20(40)6-7-26(41)38-11-9-37(10-12-38)19-21-17-25-27(43-21)29(39-13-15-42-16-14-39)34-28(33-25)22-4-1-5-24-23(22)18-32-35-24/h2-6,22-23H,7-21,24H2,1H3,(H,37,40);1-5,17-18H,6-16,19H2,(H,32,35)/b4-3+;3-2+. The number of amides is 2. The number of fused-ring (bicyclic) bond motifs is 4. The van der Waals surface area contributed by atoms with Crippen molar-refractivity contribution < 1.29 is 33.4 Å². The van der Waals surface area contributed by atoms with Crippen molar-refractivity contribution in [3.05, 3.63) is 116 Å². The first-order valence-electron chi connectivity index (χ1n) is 31.4. The van der Waals surface area contributed by atoms with Crippen LogP contribution in [0.15, 0.2) is 95.5 Å². The Kier molecular flexibility index (Phi) is 23.1. The van der Waals surface area contributed by atoms with Crippen LogP contribution in [0.25, 0.3) is 85.9 Å². The highest BCUT2D eigenvalue weighted by molar-refractivity contribution is 7.20. The molecule has 4 saturated heterocycles. The number of azide groups is 2. The van der Waals surface area contributed by atoms with Crippen LogP contribution in [0.5, 0.6) is 0 Å². The van der Waals surface area contributed by atoms with E-state index in [0.717, 1.165) is 130 Å². The highest BCUT2D eigenvalue weighted by Gasteiger charge is 2.27. The Labute approximate surface area is 544 Å². The van der Waals surface area contributed by atoms with Crippen LogP contribution in [0, 0.1) is 0 Å². The highest BCUT2D eigenvalue weighted by atomic mass is 32.1. The third kappa shape index (κ3) is 17.5. The Bertz CT molecular complexity index is 4050. The summed E-state index contributed by atoms with van der Waals surface area (Å²) in [6.07, 6.45) is 10.6. The van der Waals surface area contributed by atoms with E-state index in [0.29, 0.717) is 97.1 Å². The molecule has 4 fully saturated rings. The number of aromatic amines is 2. The fraction of sp³-hybridized carbons (Fsp3) is 0.460. The fourth-order valence-electron chi connectivity index (χ4n) is 11.5. The maximum Gasteiger partial charge on any atom is 0.223 e. The van der Waals surface area contributed by atoms with Gasteiger partial charge in [-0.2, -0.15) is 10.2 Å². The fourth-order valence-corrected chi connectivity index (χ4v) is 13.8. The number of carbonyl (C=O) groups is 4. The van der Waals surface area contributed by atoms with E-state index in [-0.39, 0.29) is 55.6 Å². The first kappa shape index (κ1) is 65.7. The number of anilines is 2. The van der Waals surface area contributed by atoms with Crippen LogP contribution in [0.3, 0.4) is 0 Å². The summed E-state index contributed by atoms with van der Waals surface area (Å²) >= 11 is 3.47. The lowest BCUT2D eigenvalue weighted by Crippen LogP contribution is -2.48. The molecule has 0 bridgehead atoms. The number of benzene rings is 2. The summed E-state index contributed by atoms with van der Waals surface area (Å²) in [4.78, 5) is 93.1. The number of ether oxygens (including phenoxy) is 3. The molecular formula is C63H75N21O7S2. The van der Waals surface area contributed by atoms with Crippen molar-refractivity contribution in [2.45, 2.75) is 38.8 Å². The lowest BCUT2D eigenvalue weighted by molar-refractivity contribution is -0.134. The van der Waals surface area contributed by atoms with E-state index in [1.165, 1.54) is 21.9 Å². The largest absolute Gasteiger partial charge is 0.380 e. The van der Waals surface area contributed by atoms with Gasteiger partial charge in [0, 0.05) is 185 Å². The molecule has 4 aliphatic rings. The van der Waals surface area contributed by atoms with Crippen molar-refractivity contribution in [1.82, 2.24) is 64.8 Å². The van der Waals surface area contributed by atoms with Gasteiger partial charge in [0.05, 0.1) is 83.5 Å². The second-order valence-corrected chi connectivity index (χ2v) is 25.1. The first-order chi connectivity index (χ1) is 45.6. The monoisotopic (exact) mass is 1300 g/mol. The van der Waals surface area contributed by atoms with Gasteiger partial charge in [0.2, 0.25) is 11.8 Å². The molecule has 0 aliphatic carbocycles. The SMILES string of the molecule is CN(C/C=C/C(=O)CCC(=O)N1CCN(Cc2cc3nc(-c4cccc5[nH]ncc45)nc(N4CCOCC4)c3s2)CC1)CCOCCN=[N+]=[N-].[N-]=[N+]=NC/C=C/C(=O)CCC(=O)N1CCN(Cc2cc3nc(-c4cccc5[nH]ncc45)nc(N4CCOCC4)c3s2)CC1. The molecule has 2 amide bonds. The predicted octanol–water partition coefficient (Wildman–Crippen LogP) is 7.81. The predicted molar refractivity (Wildman–Crippen MR) is 358 cm³/mol. The molecule has 28 nitrogen and oxygen atoms in total. The molecule has 0 unspecified atom stereocenters. The van der Waals surface area contributed by atoms with Gasteiger partial charge < -0.3 is 38.7 Å². The minimum absolute atomic E-state index is 0.0103. The molecule has 0 atom stereocenters. The molecule has 93 heavy (non-hydrogen) atoms. The van der Waals surface area contributed by atoms with Crippen LogP contribution in [0.1, 0.15) is 35.4 Å². The van der Waals surface area contributed by atoms with Crippen molar-refractivity contribution in [3.63, 3.8) is 0 Å². The van der Waals surface area contributed by atoms with E-state index in [4.69, 9.17) is 45.2 Å². The second kappa shape index (κ2) is 32.7. The molecule has 0 saturated carbocycles. The normalized spacial score (nSPS) is 16.0. The molecule has 8 aromatic rings. The molecular weight excluding hydrogens is 1230 g/mol. The van der Waals surface area contributed by atoms with E-state index in [1.54, 1.807) is 28.7 Å². The van der Waals surface area contributed by atoms with Crippen LogP contribution >= 0.6 is 22.7 Å². The zero-order valence-electron chi connectivity index (χ0n) is 52.1. The maximum absolute atomic E-state index is 12.9. The Morgan fingerprint density at radius 3 is 1.59 bits per heavy atom. The average molecular weight is 1300 g/mol. The lowest BCUT2D eigenvalue weighted by atomic mass is 10.1. The smallest absolute Gasteiger partial charge is 0.223 e. The summed E-state index contributed by atoms with van der Waals surface area (Å²) < 4.78 is 18.8. The van der Waals surface area contributed by atoms with E-state index >= 15 is 0 Å². The van der Waals surface area contributed by atoms with Gasteiger partial charge in [0.15, 0.2) is 34.9 Å². The number of thiophene rings is 2. The number of H-pyrrole nitrogens is 2. The Hall–Kier alpha value is -8.80. The van der Waals surface area contributed by atoms with E-state index < -0.39 is 0 Å². The van der Waals surface area contributed by atoms with Gasteiger partial charge in [0.25, 0.3) is 0 Å². The zero-order chi connectivity index (χ0) is 64.3. The third-order valence-corrected chi connectivity index (χ3v) is 18.8. The highest BCUT2D eigenvalue weighted by Crippen LogP contribution is 2.38. The number of morpholine rings is 2. The van der Waals surface area contributed by atoms with Crippen LogP contribution in [0.2, 0.25) is 0 Å². The number of hydrogen-bond acceptors (Lipinski definition) is 22. The number of rotatable bonds is 26. The number of aromatic nitrogens is 8. The first-order valence-corrected chi connectivity index (χ1v) is 33.0. The number of allylic oxidation sites excluding steroid dienone is 2. The minimum Gasteiger partial charge on any atom is -0.380 e. The van der Waals surface area contributed by atoms with Crippen LogP contribution in [-0.2, 0) is 46.5 Å². The topological polar surface area (TPSA) is 325 Å². The molecule has 0 radical (unpaired) electrons. The summed E-state index contributed by atoms with van der Waals surface area (Å²) in [6.45, 7) is 15.6. The molecule has 12 rings (SSSR count). The maximum atomic E-state index is 12.9. The summed E-state index contributed by atoms with van der Waals surface area (Å²) in [6, 6.07) is 16.4. The van der Waals surface area contributed by atoms with Crippen molar-refractivity contribution in [1.29, 1.82) is 0 Å². The summed E-state index contributed by atoms with van der Waals surface area (Å²) in [5.74, 6) is 3.07. The molecule has 6 aromatic heterocycles. The van der Waals surface area contributed by atoms with Gasteiger partial charge in [0.1, 0.15) is 0 Å². The Morgan fingerprint density at radius 1 is 0.624 bits per heavy atom. The van der Waals surface area contributed by atoms with E-state index in [9.17, 15) is 19.2 Å². The molecule has 486 valence electrons. The summed E-state index contributed by atoms with van der Waals surface area (Å²) in [7, 11) is 1.94. The average Bonchev–Trinajstić information content (AvgIpc) is 1.70. The van der Waals surface area contributed by atoms with Gasteiger partial charge in [-0.05, 0) is 54.5 Å². The van der Waals surface area contributed by atoms with E-state index in [2.05, 4.69) is 72.2 Å². The van der Waals surface area contributed by atoms with Crippen LogP contribution in [0.4, 0.5) is 11.6 Å². The van der Waals surface area contributed by atoms with Crippen LogP contribution < -0.4 is 9.80 Å². The van der Waals surface area contributed by atoms with Crippen LogP contribution in [-0.4, -0.2) is 240 Å². The van der Waals surface area contributed by atoms with Crippen molar-refractivity contribution in [2.75, 3.05) is 161 Å². The van der Waals surface area contributed by atoms with E-state index in [1.807, 2.05) is 76.6 Å². The number of hydrogen-bond donors (Lipinski definition) is 2. The number of nitrogens with zero attached hydrogens (tertiary/aromatic N) is 19. The van der Waals surface area contributed by atoms with Crippen molar-refractivity contribution in [2.24, 2.45) is 10.2 Å². The Balaban J connectivity index is 0.000000192. The zero-order valence-corrected chi connectivity index (χ0v) is 53.7. The van der Waals surface area contributed by atoms with Gasteiger partial charge in [-0.25, -0.2) is 19.9 Å². The Morgan fingerprint density at radius 2 is 1.11 bits per heavy atom. The number of carbonyl (C=O) groups excluding carboxylic acids is 4. The molecule has 30 heteroatoms. The van der Waals surface area contributed by atoms with Crippen molar-refractivity contribution in [3.8, 4) is 22.8 Å². The quantitative estimate of drug-likeness (QED) is 0.0171. The summed E-state index contributed by atoms with van der Waals surface area (Å²) in [5, 5.41) is 23.3. The number of piperazine rings is 2. The van der Waals surface area contributed by atoms with Crippen molar-refractivity contribution >= 4 is 99.9 Å². The second-order valence-electron chi connectivity index (χ2n) is 22.9.